The maximum absolute atomic E-state index is 9.25. The lowest BCUT2D eigenvalue weighted by Gasteiger charge is -2.33. The van der Waals surface area contributed by atoms with Gasteiger partial charge in [-0.15, -0.1) is 12.4 Å². The van der Waals surface area contributed by atoms with Gasteiger partial charge in [0.1, 0.15) is 0 Å². The van der Waals surface area contributed by atoms with Crippen molar-refractivity contribution >= 4 is 12.4 Å². The van der Waals surface area contributed by atoms with Crippen molar-refractivity contribution in [1.29, 1.82) is 0 Å². The van der Waals surface area contributed by atoms with Gasteiger partial charge in [0.15, 0.2) is 0 Å². The maximum Gasteiger partial charge on any atom is 0.0474 e. The standard InChI is InChI=1S/C13H19NO.ClH/c14-13-7-6-11(8-12(13)9-15)10-4-2-1-3-5-10;/h1-5,11-13,15H,6-9,14H2;1H. The molecule has 0 bridgehead atoms. The Balaban J connectivity index is 0.00000128. The lowest BCUT2D eigenvalue weighted by atomic mass is 9.76. The Kier molecular flexibility index (Phi) is 5.26. The van der Waals surface area contributed by atoms with E-state index in [9.17, 15) is 5.11 Å². The smallest absolute Gasteiger partial charge is 0.0474 e. The first-order valence-electron chi connectivity index (χ1n) is 5.72. The summed E-state index contributed by atoms with van der Waals surface area (Å²) in [5.74, 6) is 0.868. The molecule has 1 saturated carbocycles. The van der Waals surface area contributed by atoms with Gasteiger partial charge in [0.2, 0.25) is 0 Å². The van der Waals surface area contributed by atoms with Crippen LogP contribution in [0.1, 0.15) is 30.7 Å². The molecule has 3 N–H and O–H groups in total. The molecule has 1 aliphatic rings. The van der Waals surface area contributed by atoms with Crippen LogP contribution in [0, 0.1) is 5.92 Å². The van der Waals surface area contributed by atoms with Crippen LogP contribution in [0.5, 0.6) is 0 Å². The summed E-state index contributed by atoms with van der Waals surface area (Å²) in [5.41, 5.74) is 7.36. The first-order valence-corrected chi connectivity index (χ1v) is 5.72. The van der Waals surface area contributed by atoms with E-state index in [0.717, 1.165) is 19.3 Å². The molecule has 3 heteroatoms. The van der Waals surface area contributed by atoms with Crippen molar-refractivity contribution in [1.82, 2.24) is 0 Å². The number of hydrogen-bond acceptors (Lipinski definition) is 2. The van der Waals surface area contributed by atoms with Gasteiger partial charge < -0.3 is 10.8 Å². The quantitative estimate of drug-likeness (QED) is 0.835. The summed E-state index contributed by atoms with van der Waals surface area (Å²) in [6.07, 6.45) is 3.22. The van der Waals surface area contributed by atoms with E-state index in [1.807, 2.05) is 6.07 Å². The summed E-state index contributed by atoms with van der Waals surface area (Å²) >= 11 is 0. The van der Waals surface area contributed by atoms with Gasteiger partial charge >= 0.3 is 0 Å². The molecule has 0 aromatic heterocycles. The molecular formula is C13H20ClNO. The zero-order valence-corrected chi connectivity index (χ0v) is 10.2. The van der Waals surface area contributed by atoms with Gasteiger partial charge in [0.05, 0.1) is 0 Å². The second kappa shape index (κ2) is 6.24. The minimum atomic E-state index is 0. The molecule has 0 amide bonds. The van der Waals surface area contributed by atoms with Crippen LogP contribution in [0.4, 0.5) is 0 Å². The minimum Gasteiger partial charge on any atom is -0.396 e. The van der Waals surface area contributed by atoms with E-state index in [2.05, 4.69) is 24.3 Å². The molecule has 16 heavy (non-hydrogen) atoms. The number of hydrogen-bond donors (Lipinski definition) is 2. The predicted molar refractivity (Wildman–Crippen MR) is 68.8 cm³/mol. The molecule has 0 radical (unpaired) electrons. The third-order valence-corrected chi connectivity index (χ3v) is 3.55. The van der Waals surface area contributed by atoms with E-state index < -0.39 is 0 Å². The molecular weight excluding hydrogens is 222 g/mol. The Bertz CT molecular complexity index is 304. The van der Waals surface area contributed by atoms with Crippen LogP contribution in [0.3, 0.4) is 0 Å². The van der Waals surface area contributed by atoms with Gasteiger partial charge in [-0.2, -0.15) is 0 Å². The predicted octanol–water partition coefficient (Wildman–Crippen LogP) is 2.31. The molecule has 1 aliphatic carbocycles. The van der Waals surface area contributed by atoms with Gasteiger partial charge in [-0.3, -0.25) is 0 Å². The molecule has 1 fully saturated rings. The first-order chi connectivity index (χ1) is 7.31. The van der Waals surface area contributed by atoms with Gasteiger partial charge in [-0.1, -0.05) is 30.3 Å². The zero-order chi connectivity index (χ0) is 10.7. The number of aliphatic hydroxyl groups excluding tert-OH is 1. The third-order valence-electron chi connectivity index (χ3n) is 3.55. The maximum atomic E-state index is 9.25. The molecule has 90 valence electrons. The summed E-state index contributed by atoms with van der Waals surface area (Å²) in [6.45, 7) is 0.227. The molecule has 2 nitrogen and oxygen atoms in total. The van der Waals surface area contributed by atoms with Crippen molar-refractivity contribution in [2.75, 3.05) is 6.61 Å². The van der Waals surface area contributed by atoms with E-state index >= 15 is 0 Å². The minimum absolute atomic E-state index is 0. The number of benzene rings is 1. The monoisotopic (exact) mass is 241 g/mol. The highest BCUT2D eigenvalue weighted by atomic mass is 35.5. The summed E-state index contributed by atoms with van der Waals surface area (Å²) in [7, 11) is 0. The van der Waals surface area contributed by atoms with Crippen molar-refractivity contribution in [3.05, 3.63) is 35.9 Å². The van der Waals surface area contributed by atoms with Crippen molar-refractivity contribution in [3.8, 4) is 0 Å². The molecule has 2 rings (SSSR count). The Morgan fingerprint density at radius 2 is 1.88 bits per heavy atom. The van der Waals surface area contributed by atoms with Crippen molar-refractivity contribution in [2.45, 2.75) is 31.2 Å². The lowest BCUT2D eigenvalue weighted by Crippen LogP contribution is -2.37. The second-order valence-electron chi connectivity index (χ2n) is 4.53. The Morgan fingerprint density at radius 3 is 2.50 bits per heavy atom. The van der Waals surface area contributed by atoms with Gasteiger partial charge in [0, 0.05) is 12.6 Å². The lowest BCUT2D eigenvalue weighted by molar-refractivity contribution is 0.160. The summed E-state index contributed by atoms with van der Waals surface area (Å²) in [4.78, 5) is 0. The van der Waals surface area contributed by atoms with Crippen LogP contribution >= 0.6 is 12.4 Å². The van der Waals surface area contributed by atoms with Crippen LogP contribution in [0.2, 0.25) is 0 Å². The highest BCUT2D eigenvalue weighted by molar-refractivity contribution is 5.85. The fourth-order valence-corrected chi connectivity index (χ4v) is 2.53. The van der Waals surface area contributed by atoms with Crippen molar-refractivity contribution < 1.29 is 5.11 Å². The Hall–Kier alpha value is -0.570. The summed E-state index contributed by atoms with van der Waals surface area (Å²) < 4.78 is 0. The molecule has 3 atom stereocenters. The molecule has 1 aromatic carbocycles. The molecule has 0 heterocycles. The molecule has 1 aromatic rings. The van der Waals surface area contributed by atoms with Gasteiger partial charge in [-0.05, 0) is 36.7 Å². The molecule has 0 saturated heterocycles. The van der Waals surface area contributed by atoms with Crippen LogP contribution in [0.15, 0.2) is 30.3 Å². The number of halogens is 1. The second-order valence-corrected chi connectivity index (χ2v) is 4.53. The topological polar surface area (TPSA) is 46.2 Å². The van der Waals surface area contributed by atoms with E-state index in [-0.39, 0.29) is 31.0 Å². The van der Waals surface area contributed by atoms with E-state index in [4.69, 9.17) is 5.73 Å². The third kappa shape index (κ3) is 2.97. The highest BCUT2D eigenvalue weighted by Crippen LogP contribution is 2.35. The molecule has 0 spiro atoms. The van der Waals surface area contributed by atoms with Crippen molar-refractivity contribution in [2.24, 2.45) is 11.7 Å². The number of rotatable bonds is 2. The largest absolute Gasteiger partial charge is 0.396 e. The Labute approximate surface area is 103 Å². The first kappa shape index (κ1) is 13.5. The fourth-order valence-electron chi connectivity index (χ4n) is 2.53. The van der Waals surface area contributed by atoms with E-state index in [1.54, 1.807) is 0 Å². The summed E-state index contributed by atoms with van der Waals surface area (Å²) in [5, 5.41) is 9.25. The van der Waals surface area contributed by atoms with E-state index in [1.165, 1.54) is 5.56 Å². The Morgan fingerprint density at radius 1 is 1.19 bits per heavy atom. The summed E-state index contributed by atoms with van der Waals surface area (Å²) in [6, 6.07) is 10.7. The average molecular weight is 242 g/mol. The fraction of sp³-hybridized carbons (Fsp3) is 0.538. The van der Waals surface area contributed by atoms with Crippen LogP contribution in [-0.2, 0) is 0 Å². The molecule has 3 unspecified atom stereocenters. The van der Waals surface area contributed by atoms with Crippen molar-refractivity contribution in [3.63, 3.8) is 0 Å². The van der Waals surface area contributed by atoms with Gasteiger partial charge in [0.25, 0.3) is 0 Å². The SMILES string of the molecule is Cl.NC1CCC(c2ccccc2)CC1CO. The van der Waals surface area contributed by atoms with Crippen LogP contribution in [0.25, 0.3) is 0 Å². The van der Waals surface area contributed by atoms with Crippen LogP contribution < -0.4 is 5.73 Å². The molecule has 0 aliphatic heterocycles. The zero-order valence-electron chi connectivity index (χ0n) is 9.38. The average Bonchev–Trinajstić information content (AvgIpc) is 2.31. The van der Waals surface area contributed by atoms with E-state index in [0.29, 0.717) is 5.92 Å². The number of aliphatic hydroxyl groups is 1. The normalized spacial score (nSPS) is 29.5. The van der Waals surface area contributed by atoms with Crippen LogP contribution in [-0.4, -0.2) is 17.8 Å². The van der Waals surface area contributed by atoms with Gasteiger partial charge in [-0.25, -0.2) is 0 Å². The number of nitrogens with two attached hydrogens (primary N) is 1. The highest BCUT2D eigenvalue weighted by Gasteiger charge is 2.28.